The highest BCUT2D eigenvalue weighted by Gasteiger charge is 2.19. The number of aliphatic hydroxyl groups is 1. The minimum atomic E-state index is 0.298. The fourth-order valence-corrected chi connectivity index (χ4v) is 2.74. The van der Waals surface area contributed by atoms with Crippen molar-refractivity contribution in [3.05, 3.63) is 30.1 Å². The van der Waals surface area contributed by atoms with Gasteiger partial charge in [-0.15, -0.1) is 0 Å². The van der Waals surface area contributed by atoms with Crippen molar-refractivity contribution in [2.75, 3.05) is 26.2 Å². The van der Waals surface area contributed by atoms with Gasteiger partial charge in [-0.1, -0.05) is 13.0 Å². The highest BCUT2D eigenvalue weighted by atomic mass is 16.3. The normalized spacial score (nSPS) is 19.1. The molecule has 1 aliphatic heterocycles. The molecule has 1 atom stereocenters. The van der Waals surface area contributed by atoms with Crippen LogP contribution in [0, 0.1) is 5.92 Å². The number of nitrogens with one attached hydrogen (secondary N) is 1. The zero-order chi connectivity index (χ0) is 14.2. The molecule has 0 amide bonds. The van der Waals surface area contributed by atoms with E-state index in [1.807, 2.05) is 18.5 Å². The third-order valence-electron chi connectivity index (χ3n) is 4.09. The predicted molar refractivity (Wildman–Crippen MR) is 81.4 cm³/mol. The predicted octanol–water partition coefficient (Wildman–Crippen LogP) is 1.65. The first-order chi connectivity index (χ1) is 9.78. The number of hydrogen-bond acceptors (Lipinski definition) is 4. The fraction of sp³-hybridized carbons (Fsp3) is 0.688. The molecule has 1 aromatic rings. The fourth-order valence-electron chi connectivity index (χ4n) is 2.74. The highest BCUT2D eigenvalue weighted by molar-refractivity contribution is 5.08. The molecule has 2 heterocycles. The molecule has 20 heavy (non-hydrogen) atoms. The molecule has 1 unspecified atom stereocenters. The Morgan fingerprint density at radius 3 is 2.90 bits per heavy atom. The molecular weight excluding hydrogens is 250 g/mol. The Hall–Kier alpha value is -0.970. The molecule has 4 nitrogen and oxygen atoms in total. The first-order valence-corrected chi connectivity index (χ1v) is 7.73. The first kappa shape index (κ1) is 15.4. The van der Waals surface area contributed by atoms with Gasteiger partial charge in [0.15, 0.2) is 0 Å². The van der Waals surface area contributed by atoms with Crippen LogP contribution in [0.3, 0.4) is 0 Å². The van der Waals surface area contributed by atoms with Crippen LogP contribution >= 0.6 is 0 Å². The molecule has 4 heteroatoms. The molecule has 2 N–H and O–H groups in total. The van der Waals surface area contributed by atoms with Gasteiger partial charge >= 0.3 is 0 Å². The Morgan fingerprint density at radius 2 is 2.25 bits per heavy atom. The Kier molecular flexibility index (Phi) is 6.43. The summed E-state index contributed by atoms with van der Waals surface area (Å²) in [4.78, 5) is 6.68. The minimum Gasteiger partial charge on any atom is -0.396 e. The van der Waals surface area contributed by atoms with Crippen LogP contribution in [-0.2, 0) is 6.54 Å². The number of hydrogen-bond donors (Lipinski definition) is 2. The third kappa shape index (κ3) is 5.19. The van der Waals surface area contributed by atoms with Crippen LogP contribution in [0.25, 0.3) is 0 Å². The molecule has 1 aliphatic rings. The molecule has 112 valence electrons. The maximum atomic E-state index is 8.91. The van der Waals surface area contributed by atoms with Gasteiger partial charge in [-0.05, 0) is 56.4 Å². The number of likely N-dealkylation sites (tertiary alicyclic amines) is 1. The second kappa shape index (κ2) is 8.35. The number of nitrogens with zero attached hydrogens (tertiary/aromatic N) is 2. The Morgan fingerprint density at radius 1 is 1.45 bits per heavy atom. The summed E-state index contributed by atoms with van der Waals surface area (Å²) in [6.07, 6.45) is 7.11. The second-order valence-electron chi connectivity index (χ2n) is 5.94. The van der Waals surface area contributed by atoms with Crippen molar-refractivity contribution in [3.8, 4) is 0 Å². The van der Waals surface area contributed by atoms with Gasteiger partial charge < -0.3 is 10.4 Å². The summed E-state index contributed by atoms with van der Waals surface area (Å²) in [6, 6.07) is 4.79. The third-order valence-corrected chi connectivity index (χ3v) is 4.09. The number of rotatable bonds is 7. The molecule has 0 spiro atoms. The van der Waals surface area contributed by atoms with Crippen LogP contribution in [0.5, 0.6) is 0 Å². The molecular formula is C16H27N3O. The van der Waals surface area contributed by atoms with Gasteiger partial charge in [-0.3, -0.25) is 9.88 Å². The molecule has 2 rings (SSSR count). The lowest BCUT2D eigenvalue weighted by atomic mass is 10.0. The Bertz CT molecular complexity index is 363. The maximum Gasteiger partial charge on any atom is 0.0434 e. The average molecular weight is 277 g/mol. The van der Waals surface area contributed by atoms with Gasteiger partial charge in [0.05, 0.1) is 0 Å². The van der Waals surface area contributed by atoms with Crippen molar-refractivity contribution < 1.29 is 5.11 Å². The van der Waals surface area contributed by atoms with E-state index in [0.717, 1.165) is 32.6 Å². The van der Waals surface area contributed by atoms with Gasteiger partial charge in [0.1, 0.15) is 0 Å². The van der Waals surface area contributed by atoms with Crippen molar-refractivity contribution in [2.24, 2.45) is 5.92 Å². The van der Waals surface area contributed by atoms with E-state index in [4.69, 9.17) is 5.11 Å². The summed E-state index contributed by atoms with van der Waals surface area (Å²) in [5.74, 6) is 0.563. The quantitative estimate of drug-likeness (QED) is 0.796. The van der Waals surface area contributed by atoms with Crippen LogP contribution in [-0.4, -0.2) is 47.3 Å². The summed E-state index contributed by atoms with van der Waals surface area (Å²) in [5, 5.41) is 12.5. The van der Waals surface area contributed by atoms with Crippen LogP contribution < -0.4 is 5.32 Å². The van der Waals surface area contributed by atoms with Crippen molar-refractivity contribution >= 4 is 0 Å². The molecule has 0 bridgehead atoms. The second-order valence-corrected chi connectivity index (χ2v) is 5.94. The summed E-state index contributed by atoms with van der Waals surface area (Å²) >= 11 is 0. The van der Waals surface area contributed by atoms with Crippen LogP contribution in [0.15, 0.2) is 24.5 Å². The van der Waals surface area contributed by atoms with E-state index in [2.05, 4.69) is 28.2 Å². The monoisotopic (exact) mass is 277 g/mol. The molecule has 1 fully saturated rings. The lowest BCUT2D eigenvalue weighted by Crippen LogP contribution is -2.43. The molecule has 0 aliphatic carbocycles. The van der Waals surface area contributed by atoms with E-state index in [1.54, 1.807) is 0 Å². The Balaban J connectivity index is 1.65. The van der Waals surface area contributed by atoms with E-state index >= 15 is 0 Å². The lowest BCUT2D eigenvalue weighted by Gasteiger charge is -2.33. The number of piperidine rings is 1. The molecule has 0 aromatic carbocycles. The van der Waals surface area contributed by atoms with E-state index in [-0.39, 0.29) is 0 Å². The van der Waals surface area contributed by atoms with Gasteiger partial charge in [0, 0.05) is 31.6 Å². The number of aromatic nitrogens is 1. The highest BCUT2D eigenvalue weighted by Crippen LogP contribution is 2.14. The lowest BCUT2D eigenvalue weighted by molar-refractivity contribution is 0.185. The zero-order valence-electron chi connectivity index (χ0n) is 12.5. The van der Waals surface area contributed by atoms with E-state index in [1.165, 1.54) is 18.4 Å². The van der Waals surface area contributed by atoms with E-state index in [9.17, 15) is 0 Å². The minimum absolute atomic E-state index is 0.298. The molecule has 0 saturated carbocycles. The standard InChI is InChI=1S/C16H27N3O/c1-14(6-10-20)11-18-16-4-8-19(9-5-16)13-15-3-2-7-17-12-15/h2-3,7,12,14,16,18,20H,4-6,8-11,13H2,1H3. The van der Waals surface area contributed by atoms with E-state index < -0.39 is 0 Å². The van der Waals surface area contributed by atoms with Crippen LogP contribution in [0.2, 0.25) is 0 Å². The topological polar surface area (TPSA) is 48.4 Å². The number of pyridine rings is 1. The molecule has 0 radical (unpaired) electrons. The van der Waals surface area contributed by atoms with Crippen molar-refractivity contribution in [1.82, 2.24) is 15.2 Å². The van der Waals surface area contributed by atoms with Gasteiger partial charge in [0.2, 0.25) is 0 Å². The van der Waals surface area contributed by atoms with Crippen LogP contribution in [0.1, 0.15) is 31.7 Å². The van der Waals surface area contributed by atoms with E-state index in [0.29, 0.717) is 18.6 Å². The number of aliphatic hydroxyl groups excluding tert-OH is 1. The van der Waals surface area contributed by atoms with Crippen molar-refractivity contribution in [2.45, 2.75) is 38.8 Å². The summed E-state index contributed by atoms with van der Waals surface area (Å²) in [7, 11) is 0. The average Bonchev–Trinajstić information content (AvgIpc) is 2.48. The van der Waals surface area contributed by atoms with Crippen LogP contribution in [0.4, 0.5) is 0 Å². The largest absolute Gasteiger partial charge is 0.396 e. The van der Waals surface area contributed by atoms with Gasteiger partial charge in [-0.25, -0.2) is 0 Å². The van der Waals surface area contributed by atoms with Crippen molar-refractivity contribution in [1.29, 1.82) is 0 Å². The van der Waals surface area contributed by atoms with Gasteiger partial charge in [-0.2, -0.15) is 0 Å². The van der Waals surface area contributed by atoms with Gasteiger partial charge in [0.25, 0.3) is 0 Å². The summed E-state index contributed by atoms with van der Waals surface area (Å²) in [6.45, 7) is 6.84. The first-order valence-electron chi connectivity index (χ1n) is 7.73. The SMILES string of the molecule is CC(CCO)CNC1CCN(Cc2cccnc2)CC1. The van der Waals surface area contributed by atoms with Crippen molar-refractivity contribution in [3.63, 3.8) is 0 Å². The molecule has 1 aromatic heterocycles. The zero-order valence-corrected chi connectivity index (χ0v) is 12.5. The Labute approximate surface area is 122 Å². The summed E-state index contributed by atoms with van der Waals surface area (Å²) < 4.78 is 0. The maximum absolute atomic E-state index is 8.91. The smallest absolute Gasteiger partial charge is 0.0434 e. The summed E-state index contributed by atoms with van der Waals surface area (Å²) in [5.41, 5.74) is 1.30. The molecule has 1 saturated heterocycles.